The van der Waals surface area contributed by atoms with Gasteiger partial charge in [0.1, 0.15) is 18.5 Å². The predicted octanol–water partition coefficient (Wildman–Crippen LogP) is 8.35. The van der Waals surface area contributed by atoms with Crippen molar-refractivity contribution >= 4 is 50.4 Å². The van der Waals surface area contributed by atoms with Gasteiger partial charge in [-0.05, 0) is 82.3 Å². The summed E-state index contributed by atoms with van der Waals surface area (Å²) in [6, 6.07) is 31.8. The highest BCUT2D eigenvalue weighted by atomic mass is 79.9. The molecule has 0 spiro atoms. The molecule has 3 aromatic heterocycles. The van der Waals surface area contributed by atoms with Crippen LogP contribution in [0.15, 0.2) is 125 Å². The first-order valence-electron chi connectivity index (χ1n) is 17.2. The Morgan fingerprint density at radius 1 is 0.902 bits per heavy atom. The summed E-state index contributed by atoms with van der Waals surface area (Å²) in [5, 5.41) is 1.02. The van der Waals surface area contributed by atoms with Crippen molar-refractivity contribution in [2.75, 3.05) is 54.9 Å². The Balaban J connectivity index is 0.848. The van der Waals surface area contributed by atoms with Crippen LogP contribution >= 0.6 is 39.0 Å². The number of thiophene rings is 1. The van der Waals surface area contributed by atoms with Crippen LogP contribution in [0.3, 0.4) is 0 Å². The number of anilines is 2. The molecule has 12 heteroatoms. The zero-order valence-corrected chi connectivity index (χ0v) is 31.5. The zero-order valence-electron chi connectivity index (χ0n) is 28.3. The van der Waals surface area contributed by atoms with Crippen LogP contribution in [-0.4, -0.2) is 70.4 Å². The third kappa shape index (κ3) is 7.61. The lowest BCUT2D eigenvalue weighted by atomic mass is 10.2. The Bertz CT molecular complexity index is 2010. The number of aromatic nitrogens is 4. The molecule has 2 aliphatic rings. The number of halogens is 1. The number of nitrogens with zero attached hydrogens (tertiary/aromatic N) is 6. The van der Waals surface area contributed by atoms with Crippen molar-refractivity contribution in [1.29, 1.82) is 0 Å². The van der Waals surface area contributed by atoms with E-state index in [9.17, 15) is 0 Å². The van der Waals surface area contributed by atoms with Gasteiger partial charge in [-0.3, -0.25) is 4.57 Å². The third-order valence-electron chi connectivity index (χ3n) is 9.18. The highest BCUT2D eigenvalue weighted by Crippen LogP contribution is 2.41. The van der Waals surface area contributed by atoms with Crippen LogP contribution in [0.1, 0.15) is 11.8 Å². The fraction of sp³-hybridized carbons (Fsp3) is 0.282. The average Bonchev–Trinajstić information content (AvgIpc) is 4.01. The number of hydrogen-bond donors (Lipinski definition) is 0. The molecule has 2 unspecified atom stereocenters. The molecule has 0 saturated carbocycles. The van der Waals surface area contributed by atoms with Crippen molar-refractivity contribution in [3.63, 3.8) is 0 Å². The van der Waals surface area contributed by atoms with Crippen LogP contribution < -0.4 is 14.5 Å². The molecule has 2 saturated heterocycles. The van der Waals surface area contributed by atoms with E-state index in [1.165, 1.54) is 11.4 Å². The van der Waals surface area contributed by atoms with Crippen molar-refractivity contribution in [1.82, 2.24) is 19.1 Å². The number of piperazine rings is 1. The van der Waals surface area contributed by atoms with E-state index in [4.69, 9.17) is 19.2 Å². The van der Waals surface area contributed by atoms with Gasteiger partial charge in [0.25, 0.3) is 0 Å². The number of hydrogen-bond acceptors (Lipinski definition) is 9. The van der Waals surface area contributed by atoms with E-state index in [1.54, 1.807) is 35.6 Å². The number of ether oxygens (including phenoxy) is 3. The number of benzene rings is 3. The molecule has 2 fully saturated rings. The molecule has 6 aromatic rings. The minimum atomic E-state index is -0.872. The lowest BCUT2D eigenvalue weighted by molar-refractivity contribution is -0.186. The number of imidazole rings is 2. The van der Waals surface area contributed by atoms with Gasteiger partial charge in [-0.25, -0.2) is 9.97 Å². The van der Waals surface area contributed by atoms with Crippen molar-refractivity contribution in [3.8, 4) is 22.7 Å². The van der Waals surface area contributed by atoms with Crippen molar-refractivity contribution < 1.29 is 14.2 Å². The summed E-state index contributed by atoms with van der Waals surface area (Å²) in [4.78, 5) is 15.1. The second-order valence-corrected chi connectivity index (χ2v) is 16.2. The summed E-state index contributed by atoms with van der Waals surface area (Å²) in [6.45, 7) is 7.36. The van der Waals surface area contributed by atoms with E-state index in [2.05, 4.69) is 127 Å². The summed E-state index contributed by atoms with van der Waals surface area (Å²) in [5.41, 5.74) is 5.70. The maximum atomic E-state index is 6.55. The lowest BCUT2D eigenvalue weighted by Crippen LogP contribution is -2.46. The second-order valence-electron chi connectivity index (χ2n) is 12.5. The molecule has 8 rings (SSSR count). The van der Waals surface area contributed by atoms with Gasteiger partial charge in [-0.15, -0.1) is 11.3 Å². The quantitative estimate of drug-likeness (QED) is 0.115. The van der Waals surface area contributed by atoms with E-state index >= 15 is 0 Å². The van der Waals surface area contributed by atoms with Gasteiger partial charge < -0.3 is 28.6 Å². The molecule has 0 N–H and O–H groups in total. The third-order valence-corrected chi connectivity index (χ3v) is 11.8. The zero-order chi connectivity index (χ0) is 34.6. The van der Waals surface area contributed by atoms with Crippen LogP contribution in [0.2, 0.25) is 0 Å². The van der Waals surface area contributed by atoms with Crippen molar-refractivity contribution in [2.45, 2.75) is 30.5 Å². The summed E-state index contributed by atoms with van der Waals surface area (Å²) in [5.74, 6) is 0.919. The lowest BCUT2D eigenvalue weighted by Gasteiger charge is -2.37. The molecule has 262 valence electrons. The molecule has 0 amide bonds. The Labute approximate surface area is 314 Å². The van der Waals surface area contributed by atoms with Crippen LogP contribution in [-0.2, 0) is 21.8 Å². The van der Waals surface area contributed by atoms with E-state index in [-0.39, 0.29) is 6.10 Å². The van der Waals surface area contributed by atoms with Gasteiger partial charge in [0.2, 0.25) is 5.79 Å². The Morgan fingerprint density at radius 3 is 2.25 bits per heavy atom. The number of rotatable bonds is 12. The minimum absolute atomic E-state index is 0.194. The van der Waals surface area contributed by atoms with Crippen molar-refractivity contribution in [3.05, 3.63) is 125 Å². The fourth-order valence-electron chi connectivity index (χ4n) is 6.59. The first kappa shape index (κ1) is 34.0. The van der Waals surface area contributed by atoms with E-state index < -0.39 is 5.79 Å². The second kappa shape index (κ2) is 15.3. The normalized spacial score (nSPS) is 19.1. The minimum Gasteiger partial charge on any atom is -0.491 e. The molecule has 51 heavy (non-hydrogen) atoms. The standard InChI is InChI=1S/C39H39BrN6O3S2/c1-2-50-38-42-35(29-6-4-3-5-7-29)24-46(38)32-10-8-30(9-11-32)44-20-22-45(23-21-44)31-12-14-33(15-13-31)47-25-34-26-48-39(49-34,27-43-19-18-41-28-43)36-16-17-37(40)51-36/h3-19,24,28,34H,2,20-23,25-27H2,1H3. The monoisotopic (exact) mass is 782 g/mol. The topological polar surface area (TPSA) is 69.8 Å². The Kier molecular flexibility index (Phi) is 10.2. The van der Waals surface area contributed by atoms with Crippen LogP contribution in [0.4, 0.5) is 11.4 Å². The molecule has 9 nitrogen and oxygen atoms in total. The summed E-state index contributed by atoms with van der Waals surface area (Å²) >= 11 is 6.97. The molecule has 3 aromatic carbocycles. The maximum Gasteiger partial charge on any atom is 0.223 e. The predicted molar refractivity (Wildman–Crippen MR) is 209 cm³/mol. The highest BCUT2D eigenvalue weighted by molar-refractivity contribution is 9.11. The van der Waals surface area contributed by atoms with Gasteiger partial charge in [0.05, 0.1) is 33.8 Å². The van der Waals surface area contributed by atoms with Crippen molar-refractivity contribution in [2.24, 2.45) is 0 Å². The van der Waals surface area contributed by atoms with Crippen LogP contribution in [0.5, 0.6) is 5.75 Å². The van der Waals surface area contributed by atoms with Gasteiger partial charge in [-0.2, -0.15) is 0 Å². The van der Waals surface area contributed by atoms with Crippen LogP contribution in [0, 0.1) is 0 Å². The molecule has 0 aliphatic carbocycles. The summed E-state index contributed by atoms with van der Waals surface area (Å²) < 4.78 is 24.3. The van der Waals surface area contributed by atoms with Gasteiger partial charge in [0.15, 0.2) is 5.16 Å². The van der Waals surface area contributed by atoms with Gasteiger partial charge >= 0.3 is 0 Å². The van der Waals surface area contributed by atoms with E-state index in [0.29, 0.717) is 19.8 Å². The Morgan fingerprint density at radius 2 is 1.61 bits per heavy atom. The molecule has 0 bridgehead atoms. The fourth-order valence-corrected chi connectivity index (χ4v) is 8.78. The molecular formula is C39H39BrN6O3S2. The van der Waals surface area contributed by atoms with E-state index in [1.807, 2.05) is 22.9 Å². The Hall–Kier alpha value is -4.07. The largest absolute Gasteiger partial charge is 0.491 e. The smallest absolute Gasteiger partial charge is 0.223 e. The summed E-state index contributed by atoms with van der Waals surface area (Å²) in [6.07, 6.45) is 7.43. The molecule has 0 radical (unpaired) electrons. The molecule has 2 atom stereocenters. The molecule has 5 heterocycles. The summed E-state index contributed by atoms with van der Waals surface area (Å²) in [7, 11) is 0. The SMILES string of the molecule is CCSc1nc(-c2ccccc2)cn1-c1ccc(N2CCN(c3ccc(OCC4COC(Cn5ccnc5)(c5ccc(Br)s5)O4)cc3)CC2)cc1. The van der Waals surface area contributed by atoms with Gasteiger partial charge in [-0.1, -0.05) is 49.0 Å². The number of thioether (sulfide) groups is 1. The highest BCUT2D eigenvalue weighted by Gasteiger charge is 2.45. The van der Waals surface area contributed by atoms with E-state index in [0.717, 1.165) is 68.4 Å². The van der Waals surface area contributed by atoms with Gasteiger partial charge in [0, 0.05) is 67.4 Å². The molecule has 2 aliphatic heterocycles. The maximum absolute atomic E-state index is 6.55. The first-order valence-corrected chi connectivity index (χ1v) is 19.8. The average molecular weight is 784 g/mol. The van der Waals surface area contributed by atoms with Crippen LogP contribution in [0.25, 0.3) is 16.9 Å². The first-order chi connectivity index (χ1) is 25.0. The molecular weight excluding hydrogens is 745 g/mol.